The van der Waals surface area contributed by atoms with Crippen molar-refractivity contribution in [1.82, 2.24) is 0 Å². The number of hydrogen-bond acceptors (Lipinski definition) is 3. The second-order valence-electron chi connectivity index (χ2n) is 5.00. The number of carbonyl (C=O) groups is 2. The van der Waals surface area contributed by atoms with Gasteiger partial charge in [0.25, 0.3) is 0 Å². The molecule has 0 unspecified atom stereocenters. The van der Waals surface area contributed by atoms with Crippen molar-refractivity contribution in [3.05, 3.63) is 63.7 Å². The molecular formula is C16H11ClF3NO3. The highest BCUT2D eigenvalue weighted by Gasteiger charge is 2.30. The zero-order valence-corrected chi connectivity index (χ0v) is 12.8. The van der Waals surface area contributed by atoms with Crippen LogP contribution < -0.4 is 5.73 Å². The molecule has 24 heavy (non-hydrogen) atoms. The first kappa shape index (κ1) is 17.8. The highest BCUT2D eigenvalue weighted by molar-refractivity contribution is 6.31. The summed E-state index contributed by atoms with van der Waals surface area (Å²) in [5.74, 6) is -1.80. The molecule has 126 valence electrons. The standard InChI is InChI=1S/C16H11ClF3NO3/c17-11-5-9(6-13(22)23)14(21)12(7-11)15(24)8-1-3-10(4-2-8)16(18,19)20/h1-5,7H,6,21H2,(H,22,23). The van der Waals surface area contributed by atoms with Crippen LogP contribution in [0.1, 0.15) is 27.0 Å². The Bertz CT molecular complexity index is 801. The van der Waals surface area contributed by atoms with Gasteiger partial charge in [0.1, 0.15) is 0 Å². The third-order valence-corrected chi connectivity index (χ3v) is 3.51. The van der Waals surface area contributed by atoms with Crippen molar-refractivity contribution in [2.45, 2.75) is 12.6 Å². The van der Waals surface area contributed by atoms with E-state index in [0.29, 0.717) is 0 Å². The third kappa shape index (κ3) is 3.86. The average Bonchev–Trinajstić information content (AvgIpc) is 2.48. The lowest BCUT2D eigenvalue weighted by atomic mass is 9.97. The van der Waals surface area contributed by atoms with Gasteiger partial charge in [-0.25, -0.2) is 0 Å². The lowest BCUT2D eigenvalue weighted by Gasteiger charge is -2.11. The van der Waals surface area contributed by atoms with Crippen LogP contribution in [0.15, 0.2) is 36.4 Å². The Morgan fingerprint density at radius 3 is 2.21 bits per heavy atom. The van der Waals surface area contributed by atoms with E-state index in [1.165, 1.54) is 12.1 Å². The summed E-state index contributed by atoms with van der Waals surface area (Å²) in [6.07, 6.45) is -4.94. The van der Waals surface area contributed by atoms with E-state index >= 15 is 0 Å². The summed E-state index contributed by atoms with van der Waals surface area (Å²) in [7, 11) is 0. The molecule has 3 N–H and O–H groups in total. The maximum atomic E-state index is 12.6. The molecule has 0 atom stereocenters. The van der Waals surface area contributed by atoms with E-state index in [2.05, 4.69) is 0 Å². The summed E-state index contributed by atoms with van der Waals surface area (Å²) in [6, 6.07) is 6.21. The molecular weight excluding hydrogens is 347 g/mol. The van der Waals surface area contributed by atoms with Crippen molar-refractivity contribution < 1.29 is 27.9 Å². The summed E-state index contributed by atoms with van der Waals surface area (Å²) in [6.45, 7) is 0. The molecule has 0 heterocycles. The Hall–Kier alpha value is -2.54. The number of rotatable bonds is 4. The normalized spacial score (nSPS) is 11.3. The van der Waals surface area contributed by atoms with Gasteiger partial charge in [-0.2, -0.15) is 13.2 Å². The van der Waals surface area contributed by atoms with Crippen molar-refractivity contribution in [3.63, 3.8) is 0 Å². The number of halogens is 4. The fourth-order valence-electron chi connectivity index (χ4n) is 2.14. The van der Waals surface area contributed by atoms with Crippen LogP contribution in [0, 0.1) is 0 Å². The zero-order valence-electron chi connectivity index (χ0n) is 12.0. The number of carboxylic acid groups (broad SMARTS) is 1. The zero-order chi connectivity index (χ0) is 18.1. The average molecular weight is 358 g/mol. The number of carboxylic acids is 1. The molecule has 0 bridgehead atoms. The van der Waals surface area contributed by atoms with Crippen LogP contribution in [0.25, 0.3) is 0 Å². The molecule has 2 aromatic rings. The summed E-state index contributed by atoms with van der Waals surface area (Å²) < 4.78 is 37.7. The smallest absolute Gasteiger partial charge is 0.416 e. The van der Waals surface area contributed by atoms with Gasteiger partial charge in [-0.15, -0.1) is 0 Å². The Morgan fingerprint density at radius 2 is 1.71 bits per heavy atom. The second kappa shape index (κ2) is 6.52. The lowest BCUT2D eigenvalue weighted by molar-refractivity contribution is -0.138. The molecule has 0 fully saturated rings. The first-order valence-corrected chi connectivity index (χ1v) is 6.99. The third-order valence-electron chi connectivity index (χ3n) is 3.29. The van der Waals surface area contributed by atoms with Gasteiger partial charge in [-0.05, 0) is 29.8 Å². The monoisotopic (exact) mass is 357 g/mol. The van der Waals surface area contributed by atoms with Crippen LogP contribution in [0.3, 0.4) is 0 Å². The summed E-state index contributed by atoms with van der Waals surface area (Å²) >= 11 is 5.87. The van der Waals surface area contributed by atoms with Crippen molar-refractivity contribution in [3.8, 4) is 0 Å². The maximum Gasteiger partial charge on any atom is 0.416 e. The highest BCUT2D eigenvalue weighted by atomic mass is 35.5. The highest BCUT2D eigenvalue weighted by Crippen LogP contribution is 2.30. The van der Waals surface area contributed by atoms with Crippen LogP contribution >= 0.6 is 11.6 Å². The van der Waals surface area contributed by atoms with Crippen LogP contribution in [-0.2, 0) is 17.4 Å². The maximum absolute atomic E-state index is 12.6. The fourth-order valence-corrected chi connectivity index (χ4v) is 2.38. The Kier molecular flexibility index (Phi) is 4.84. The topological polar surface area (TPSA) is 80.4 Å². The molecule has 0 radical (unpaired) electrons. The van der Waals surface area contributed by atoms with Gasteiger partial charge in [0.2, 0.25) is 0 Å². The molecule has 2 rings (SSSR count). The SMILES string of the molecule is Nc1c(CC(=O)O)cc(Cl)cc1C(=O)c1ccc(C(F)(F)F)cc1. The number of anilines is 1. The molecule has 0 spiro atoms. The number of alkyl halides is 3. The molecule has 4 nitrogen and oxygen atoms in total. The number of nitrogens with two attached hydrogens (primary N) is 1. The molecule has 8 heteroatoms. The van der Waals surface area contributed by atoms with Crippen LogP contribution in [0.2, 0.25) is 5.02 Å². The summed E-state index contributed by atoms with van der Waals surface area (Å²) in [4.78, 5) is 23.3. The molecule has 0 aliphatic heterocycles. The quantitative estimate of drug-likeness (QED) is 0.644. The molecule has 2 aromatic carbocycles. The number of ketones is 1. The number of carbonyl (C=O) groups excluding carboxylic acids is 1. The van der Waals surface area contributed by atoms with Crippen molar-refractivity contribution in [2.24, 2.45) is 0 Å². The number of hydrogen-bond donors (Lipinski definition) is 2. The van der Waals surface area contributed by atoms with Gasteiger partial charge in [0.05, 0.1) is 12.0 Å². The number of benzene rings is 2. The van der Waals surface area contributed by atoms with Gasteiger partial charge in [0, 0.05) is 21.8 Å². The first-order valence-electron chi connectivity index (χ1n) is 6.61. The van der Waals surface area contributed by atoms with E-state index < -0.39 is 29.9 Å². The second-order valence-corrected chi connectivity index (χ2v) is 5.44. The van der Waals surface area contributed by atoms with Gasteiger partial charge >= 0.3 is 12.1 Å². The van der Waals surface area contributed by atoms with Crippen molar-refractivity contribution >= 4 is 29.0 Å². The summed E-state index contributed by atoms with van der Waals surface area (Å²) in [5.41, 5.74) is 4.95. The Balaban J connectivity index is 2.43. The van der Waals surface area contributed by atoms with Crippen molar-refractivity contribution in [2.75, 3.05) is 5.73 Å². The molecule has 0 aromatic heterocycles. The minimum absolute atomic E-state index is 0.0155. The van der Waals surface area contributed by atoms with Crippen LogP contribution in [-0.4, -0.2) is 16.9 Å². The fraction of sp³-hybridized carbons (Fsp3) is 0.125. The van der Waals surface area contributed by atoms with E-state index in [1.54, 1.807) is 0 Å². The molecule has 0 saturated carbocycles. The first-order chi connectivity index (χ1) is 11.1. The van der Waals surface area contributed by atoms with E-state index in [0.717, 1.165) is 24.3 Å². The largest absolute Gasteiger partial charge is 0.481 e. The Labute approximate surface area is 139 Å². The molecule has 0 amide bonds. The summed E-state index contributed by atoms with van der Waals surface area (Å²) in [5, 5.41) is 8.95. The molecule has 0 saturated heterocycles. The van der Waals surface area contributed by atoms with Crippen LogP contribution in [0.5, 0.6) is 0 Å². The number of nitrogen functional groups attached to an aromatic ring is 1. The van der Waals surface area contributed by atoms with Crippen molar-refractivity contribution in [1.29, 1.82) is 0 Å². The van der Waals surface area contributed by atoms with E-state index in [1.807, 2.05) is 0 Å². The van der Waals surface area contributed by atoms with Gasteiger partial charge in [-0.3, -0.25) is 9.59 Å². The number of aliphatic carboxylic acids is 1. The minimum Gasteiger partial charge on any atom is -0.481 e. The minimum atomic E-state index is -4.51. The van der Waals surface area contributed by atoms with Gasteiger partial charge in [0.15, 0.2) is 5.78 Å². The van der Waals surface area contributed by atoms with Gasteiger partial charge < -0.3 is 10.8 Å². The van der Waals surface area contributed by atoms with E-state index in [-0.39, 0.29) is 27.4 Å². The Morgan fingerprint density at radius 1 is 1.12 bits per heavy atom. The van der Waals surface area contributed by atoms with Gasteiger partial charge in [-0.1, -0.05) is 23.7 Å². The molecule has 0 aliphatic carbocycles. The van der Waals surface area contributed by atoms with Crippen LogP contribution in [0.4, 0.5) is 18.9 Å². The molecule has 0 aliphatic rings. The van der Waals surface area contributed by atoms with E-state index in [9.17, 15) is 22.8 Å². The van der Waals surface area contributed by atoms with E-state index in [4.69, 9.17) is 22.4 Å². The predicted octanol–water partition coefficient (Wildman–Crippen LogP) is 3.80. The predicted molar refractivity (Wildman–Crippen MR) is 82.1 cm³/mol. The lowest BCUT2D eigenvalue weighted by Crippen LogP contribution is -2.11.